The van der Waals surface area contributed by atoms with E-state index in [9.17, 15) is 17.6 Å². The van der Waals surface area contributed by atoms with Crippen molar-refractivity contribution in [2.75, 3.05) is 7.11 Å². The molecule has 112 valence electrons. The average molecular weight is 299 g/mol. The summed E-state index contributed by atoms with van der Waals surface area (Å²) >= 11 is 0. The van der Waals surface area contributed by atoms with Crippen LogP contribution in [0.1, 0.15) is 17.2 Å². The molecule has 2 nitrogen and oxygen atoms in total. The van der Waals surface area contributed by atoms with Crippen LogP contribution in [0, 0.1) is 23.3 Å². The van der Waals surface area contributed by atoms with E-state index in [0.29, 0.717) is 6.07 Å². The van der Waals surface area contributed by atoms with Gasteiger partial charge in [-0.05, 0) is 18.1 Å². The van der Waals surface area contributed by atoms with E-state index in [1.807, 2.05) is 0 Å². The van der Waals surface area contributed by atoms with Gasteiger partial charge in [0.1, 0.15) is 29.0 Å². The van der Waals surface area contributed by atoms with E-state index in [2.05, 4.69) is 0 Å². The Balaban J connectivity index is 2.30. The molecule has 21 heavy (non-hydrogen) atoms. The maximum atomic E-state index is 13.9. The third kappa shape index (κ3) is 3.33. The fourth-order valence-corrected chi connectivity index (χ4v) is 2.06. The van der Waals surface area contributed by atoms with Crippen molar-refractivity contribution in [1.29, 1.82) is 0 Å². The summed E-state index contributed by atoms with van der Waals surface area (Å²) in [6.07, 6.45) is -0.160. The minimum Gasteiger partial charge on any atom is -0.497 e. The molecule has 0 aliphatic heterocycles. The van der Waals surface area contributed by atoms with Crippen molar-refractivity contribution >= 4 is 0 Å². The Morgan fingerprint density at radius 2 is 1.62 bits per heavy atom. The summed E-state index contributed by atoms with van der Waals surface area (Å²) in [4.78, 5) is 0. The Labute approximate surface area is 119 Å². The lowest BCUT2D eigenvalue weighted by Gasteiger charge is -2.15. The van der Waals surface area contributed by atoms with E-state index in [1.54, 1.807) is 0 Å². The molecule has 0 aromatic heterocycles. The molecule has 6 heteroatoms. The summed E-state index contributed by atoms with van der Waals surface area (Å²) in [5.41, 5.74) is 5.47. The molecule has 0 saturated carbocycles. The molecule has 0 saturated heterocycles. The highest BCUT2D eigenvalue weighted by atomic mass is 19.1. The highest BCUT2D eigenvalue weighted by Crippen LogP contribution is 2.27. The smallest absolute Gasteiger partial charge is 0.134 e. The maximum absolute atomic E-state index is 13.9. The van der Waals surface area contributed by atoms with E-state index in [0.717, 1.165) is 18.2 Å². The second kappa shape index (κ2) is 6.13. The standard InChI is InChI=1S/C15H13F4NO/c1-21-10-6-12(18)15(13(19)7-10)14(20)4-8-2-3-9(16)5-11(8)17/h2-3,5-7,14H,4,20H2,1H3. The van der Waals surface area contributed by atoms with Crippen LogP contribution in [0.3, 0.4) is 0 Å². The average Bonchev–Trinajstić information content (AvgIpc) is 2.41. The second-order valence-corrected chi connectivity index (χ2v) is 4.55. The molecule has 2 aromatic carbocycles. The number of ether oxygens (including phenoxy) is 1. The molecule has 1 atom stereocenters. The molecule has 2 aromatic rings. The Bertz CT molecular complexity index is 637. The Hall–Kier alpha value is -2.08. The fourth-order valence-electron chi connectivity index (χ4n) is 2.06. The van der Waals surface area contributed by atoms with Crippen LogP contribution in [-0.2, 0) is 6.42 Å². The van der Waals surface area contributed by atoms with Crippen molar-refractivity contribution in [3.63, 3.8) is 0 Å². The lowest BCUT2D eigenvalue weighted by atomic mass is 9.98. The van der Waals surface area contributed by atoms with Gasteiger partial charge >= 0.3 is 0 Å². The van der Waals surface area contributed by atoms with Crippen LogP contribution in [0.2, 0.25) is 0 Å². The minimum atomic E-state index is -1.10. The molecule has 0 amide bonds. The molecule has 0 aliphatic carbocycles. The van der Waals surface area contributed by atoms with Gasteiger partial charge in [-0.2, -0.15) is 0 Å². The highest BCUT2D eigenvalue weighted by molar-refractivity contribution is 5.33. The van der Waals surface area contributed by atoms with Gasteiger partial charge in [-0.15, -0.1) is 0 Å². The molecule has 0 bridgehead atoms. The van der Waals surface area contributed by atoms with Crippen molar-refractivity contribution in [1.82, 2.24) is 0 Å². The summed E-state index contributed by atoms with van der Waals surface area (Å²) < 4.78 is 58.8. The van der Waals surface area contributed by atoms with Gasteiger partial charge in [0, 0.05) is 29.8 Å². The fraction of sp³-hybridized carbons (Fsp3) is 0.200. The van der Waals surface area contributed by atoms with Crippen LogP contribution < -0.4 is 10.5 Å². The molecule has 0 heterocycles. The van der Waals surface area contributed by atoms with Crippen molar-refractivity contribution in [3.8, 4) is 5.75 Å². The number of methoxy groups -OCH3 is 1. The van der Waals surface area contributed by atoms with Gasteiger partial charge in [-0.3, -0.25) is 0 Å². The van der Waals surface area contributed by atoms with Crippen molar-refractivity contribution < 1.29 is 22.3 Å². The number of benzene rings is 2. The normalized spacial score (nSPS) is 12.3. The molecule has 0 aliphatic rings. The predicted molar refractivity (Wildman–Crippen MR) is 69.9 cm³/mol. The van der Waals surface area contributed by atoms with Crippen LogP contribution in [0.5, 0.6) is 5.75 Å². The van der Waals surface area contributed by atoms with E-state index in [4.69, 9.17) is 10.5 Å². The maximum Gasteiger partial charge on any atom is 0.134 e. The highest BCUT2D eigenvalue weighted by Gasteiger charge is 2.20. The monoisotopic (exact) mass is 299 g/mol. The lowest BCUT2D eigenvalue weighted by molar-refractivity contribution is 0.403. The molecule has 1 unspecified atom stereocenters. The largest absolute Gasteiger partial charge is 0.497 e. The zero-order valence-electron chi connectivity index (χ0n) is 11.2. The molecule has 0 radical (unpaired) electrons. The number of halogens is 4. The molecule has 2 rings (SSSR count). The van der Waals surface area contributed by atoms with Gasteiger partial charge in [0.05, 0.1) is 7.11 Å². The van der Waals surface area contributed by atoms with Crippen LogP contribution >= 0.6 is 0 Å². The first-order valence-electron chi connectivity index (χ1n) is 6.14. The van der Waals surface area contributed by atoms with Gasteiger partial charge in [0.15, 0.2) is 0 Å². The minimum absolute atomic E-state index is 0.0221. The van der Waals surface area contributed by atoms with E-state index in [-0.39, 0.29) is 23.3 Å². The Morgan fingerprint density at radius 1 is 1.00 bits per heavy atom. The molecule has 2 N–H and O–H groups in total. The summed E-state index contributed by atoms with van der Waals surface area (Å²) in [7, 11) is 1.28. The first-order valence-corrected chi connectivity index (χ1v) is 6.14. The zero-order valence-corrected chi connectivity index (χ0v) is 11.2. The molecule has 0 spiro atoms. The van der Waals surface area contributed by atoms with Gasteiger partial charge in [-0.25, -0.2) is 17.6 Å². The SMILES string of the molecule is COc1cc(F)c(C(N)Cc2ccc(F)cc2F)c(F)c1. The summed E-state index contributed by atoms with van der Waals surface area (Å²) in [6, 6.07) is 3.85. The summed E-state index contributed by atoms with van der Waals surface area (Å²) in [6.45, 7) is 0. The molecule has 0 fully saturated rings. The van der Waals surface area contributed by atoms with Crippen LogP contribution in [0.15, 0.2) is 30.3 Å². The Morgan fingerprint density at radius 3 is 2.14 bits per heavy atom. The number of hydrogen-bond acceptors (Lipinski definition) is 2. The van der Waals surface area contributed by atoms with E-state index >= 15 is 0 Å². The topological polar surface area (TPSA) is 35.2 Å². The third-order valence-corrected chi connectivity index (χ3v) is 3.11. The number of rotatable bonds is 4. The first-order chi connectivity index (χ1) is 9.92. The van der Waals surface area contributed by atoms with E-state index in [1.165, 1.54) is 13.2 Å². The second-order valence-electron chi connectivity index (χ2n) is 4.55. The Kier molecular flexibility index (Phi) is 4.47. The van der Waals surface area contributed by atoms with Crippen molar-refractivity contribution in [2.45, 2.75) is 12.5 Å². The van der Waals surface area contributed by atoms with Gasteiger partial charge in [0.25, 0.3) is 0 Å². The number of hydrogen-bond donors (Lipinski definition) is 1. The molecular formula is C15H13F4NO. The van der Waals surface area contributed by atoms with Crippen molar-refractivity contribution in [3.05, 3.63) is 64.7 Å². The van der Waals surface area contributed by atoms with Gasteiger partial charge in [0.2, 0.25) is 0 Å². The third-order valence-electron chi connectivity index (χ3n) is 3.11. The molecular weight excluding hydrogens is 286 g/mol. The van der Waals surface area contributed by atoms with Crippen LogP contribution in [0.4, 0.5) is 17.6 Å². The zero-order chi connectivity index (χ0) is 15.6. The van der Waals surface area contributed by atoms with Crippen molar-refractivity contribution in [2.24, 2.45) is 5.73 Å². The van der Waals surface area contributed by atoms with Crippen LogP contribution in [-0.4, -0.2) is 7.11 Å². The van der Waals surface area contributed by atoms with E-state index < -0.39 is 29.3 Å². The number of nitrogens with two attached hydrogens (primary N) is 1. The van der Waals surface area contributed by atoms with Gasteiger partial charge in [-0.1, -0.05) is 6.07 Å². The first kappa shape index (κ1) is 15.3. The van der Waals surface area contributed by atoms with Crippen LogP contribution in [0.25, 0.3) is 0 Å². The lowest BCUT2D eigenvalue weighted by Crippen LogP contribution is -2.17. The summed E-state index contributed by atoms with van der Waals surface area (Å²) in [5.74, 6) is -3.26. The van der Waals surface area contributed by atoms with Gasteiger partial charge < -0.3 is 10.5 Å². The summed E-state index contributed by atoms with van der Waals surface area (Å²) in [5, 5.41) is 0. The quantitative estimate of drug-likeness (QED) is 0.877. The predicted octanol–water partition coefficient (Wildman–Crippen LogP) is 3.49.